The summed E-state index contributed by atoms with van der Waals surface area (Å²) in [5.74, 6) is 2.33. The van der Waals surface area contributed by atoms with E-state index in [1.807, 2.05) is 72.8 Å². The third-order valence-corrected chi connectivity index (χ3v) is 8.13. The topological polar surface area (TPSA) is 88.9 Å². The molecule has 0 amide bonds. The number of likely N-dealkylation sites (tertiary alicyclic amines) is 1. The van der Waals surface area contributed by atoms with Gasteiger partial charge in [0, 0.05) is 24.7 Å². The lowest BCUT2D eigenvalue weighted by Crippen LogP contribution is -2.31. The molecule has 43 heavy (non-hydrogen) atoms. The molecule has 0 atom stereocenters. The standard InChI is InChI=1S/C35H34N6O2/c42-35-32(21-25-9-3-1-4-10-25)37-30-23-33-31(22-29(30)39-35)38-34(41(33)20-8-19-40-17-5-2-6-18-40)26-12-14-27(15-13-26)43-28-11-7-16-36-24-28/h1,3-4,7,9-16,22-24H,2,5-6,8,17-21H2,(H,39,42). The van der Waals surface area contributed by atoms with Crippen LogP contribution in [-0.2, 0) is 13.0 Å². The molecular weight excluding hydrogens is 536 g/mol. The Morgan fingerprint density at radius 3 is 2.44 bits per heavy atom. The lowest BCUT2D eigenvalue weighted by molar-refractivity contribution is 0.223. The Morgan fingerprint density at radius 2 is 1.65 bits per heavy atom. The lowest BCUT2D eigenvalue weighted by Gasteiger charge is -2.26. The van der Waals surface area contributed by atoms with Gasteiger partial charge in [0.1, 0.15) is 23.0 Å². The quantitative estimate of drug-likeness (QED) is 0.211. The number of hydrogen-bond donors (Lipinski definition) is 1. The summed E-state index contributed by atoms with van der Waals surface area (Å²) in [5, 5.41) is 0. The molecule has 0 bridgehead atoms. The highest BCUT2D eigenvalue weighted by Crippen LogP contribution is 2.30. The molecule has 1 aliphatic heterocycles. The van der Waals surface area contributed by atoms with Crippen LogP contribution in [0.15, 0.2) is 96.1 Å². The van der Waals surface area contributed by atoms with Gasteiger partial charge in [-0.2, -0.15) is 0 Å². The van der Waals surface area contributed by atoms with E-state index in [4.69, 9.17) is 14.7 Å². The van der Waals surface area contributed by atoms with Crippen molar-refractivity contribution in [1.29, 1.82) is 0 Å². The maximum absolute atomic E-state index is 13.0. The number of aromatic nitrogens is 5. The molecule has 0 aliphatic carbocycles. The molecule has 4 heterocycles. The van der Waals surface area contributed by atoms with E-state index in [-0.39, 0.29) is 5.56 Å². The van der Waals surface area contributed by atoms with Gasteiger partial charge in [0.25, 0.3) is 5.56 Å². The van der Waals surface area contributed by atoms with Crippen molar-refractivity contribution in [2.45, 2.75) is 38.6 Å². The largest absolute Gasteiger partial charge is 0.456 e. The summed E-state index contributed by atoms with van der Waals surface area (Å²) in [6.07, 6.45) is 8.84. The molecule has 216 valence electrons. The monoisotopic (exact) mass is 570 g/mol. The molecule has 0 radical (unpaired) electrons. The van der Waals surface area contributed by atoms with Crippen molar-refractivity contribution in [1.82, 2.24) is 29.4 Å². The number of benzene rings is 3. The number of H-pyrrole nitrogens is 1. The second kappa shape index (κ2) is 12.2. The third kappa shape index (κ3) is 6.05. The van der Waals surface area contributed by atoms with Crippen LogP contribution in [0.5, 0.6) is 11.5 Å². The Balaban J connectivity index is 1.24. The summed E-state index contributed by atoms with van der Waals surface area (Å²) in [6, 6.07) is 25.8. The molecule has 3 aromatic carbocycles. The van der Waals surface area contributed by atoms with Gasteiger partial charge in [-0.3, -0.25) is 9.78 Å². The average Bonchev–Trinajstić information content (AvgIpc) is 3.39. The zero-order chi connectivity index (χ0) is 29.0. The molecule has 8 heteroatoms. The highest BCUT2D eigenvalue weighted by Gasteiger charge is 2.17. The van der Waals surface area contributed by atoms with Crippen molar-refractivity contribution in [3.63, 3.8) is 0 Å². The van der Waals surface area contributed by atoms with Crippen molar-refractivity contribution in [3.05, 3.63) is 113 Å². The minimum atomic E-state index is -0.166. The fraction of sp³-hybridized carbons (Fsp3) is 0.257. The average molecular weight is 571 g/mol. The van der Waals surface area contributed by atoms with Gasteiger partial charge in [0.15, 0.2) is 0 Å². The first-order valence-corrected chi connectivity index (χ1v) is 15.1. The van der Waals surface area contributed by atoms with E-state index in [1.54, 1.807) is 12.4 Å². The number of nitrogens with one attached hydrogen (secondary N) is 1. The van der Waals surface area contributed by atoms with Crippen LogP contribution in [0.2, 0.25) is 0 Å². The molecule has 1 aliphatic rings. The molecule has 0 spiro atoms. The van der Waals surface area contributed by atoms with Crippen LogP contribution in [0.4, 0.5) is 0 Å². The summed E-state index contributed by atoms with van der Waals surface area (Å²) in [5.41, 5.74) is 5.72. The summed E-state index contributed by atoms with van der Waals surface area (Å²) < 4.78 is 8.28. The minimum Gasteiger partial charge on any atom is -0.456 e. The van der Waals surface area contributed by atoms with Crippen LogP contribution in [0, 0.1) is 0 Å². The van der Waals surface area contributed by atoms with Gasteiger partial charge in [-0.05, 0) is 93.0 Å². The fourth-order valence-corrected chi connectivity index (χ4v) is 5.95. The van der Waals surface area contributed by atoms with E-state index in [0.29, 0.717) is 23.4 Å². The van der Waals surface area contributed by atoms with Crippen molar-refractivity contribution in [3.8, 4) is 22.9 Å². The molecule has 6 aromatic rings. The summed E-state index contributed by atoms with van der Waals surface area (Å²) >= 11 is 0. The predicted molar refractivity (Wildman–Crippen MR) is 170 cm³/mol. The molecule has 0 saturated carbocycles. The van der Waals surface area contributed by atoms with Gasteiger partial charge in [0.05, 0.1) is 28.3 Å². The van der Waals surface area contributed by atoms with Crippen LogP contribution in [-0.4, -0.2) is 49.0 Å². The maximum atomic E-state index is 13.0. The number of aromatic amines is 1. The van der Waals surface area contributed by atoms with Gasteiger partial charge >= 0.3 is 0 Å². The highest BCUT2D eigenvalue weighted by molar-refractivity contribution is 5.93. The van der Waals surface area contributed by atoms with Crippen LogP contribution in [0.3, 0.4) is 0 Å². The fourth-order valence-electron chi connectivity index (χ4n) is 5.95. The Hall–Kier alpha value is -4.82. The first-order chi connectivity index (χ1) is 21.2. The smallest absolute Gasteiger partial charge is 0.270 e. The minimum absolute atomic E-state index is 0.166. The predicted octanol–water partition coefficient (Wildman–Crippen LogP) is 6.59. The van der Waals surface area contributed by atoms with Gasteiger partial charge in [0.2, 0.25) is 0 Å². The molecule has 3 aromatic heterocycles. The normalized spacial score (nSPS) is 14.0. The Kier molecular flexibility index (Phi) is 7.67. The van der Waals surface area contributed by atoms with Crippen LogP contribution >= 0.6 is 0 Å². The maximum Gasteiger partial charge on any atom is 0.270 e. The van der Waals surface area contributed by atoms with Crippen molar-refractivity contribution >= 4 is 22.1 Å². The molecule has 1 fully saturated rings. The zero-order valence-electron chi connectivity index (χ0n) is 24.1. The second-order valence-corrected chi connectivity index (χ2v) is 11.2. The highest BCUT2D eigenvalue weighted by atomic mass is 16.5. The van der Waals surface area contributed by atoms with Gasteiger partial charge in [-0.1, -0.05) is 36.8 Å². The molecule has 1 N–H and O–H groups in total. The number of pyridine rings is 1. The van der Waals surface area contributed by atoms with E-state index in [0.717, 1.165) is 58.8 Å². The van der Waals surface area contributed by atoms with E-state index < -0.39 is 0 Å². The van der Waals surface area contributed by atoms with E-state index in [1.165, 1.54) is 32.4 Å². The van der Waals surface area contributed by atoms with Crippen molar-refractivity contribution < 1.29 is 4.74 Å². The van der Waals surface area contributed by atoms with E-state index >= 15 is 0 Å². The molecule has 1 saturated heterocycles. The third-order valence-electron chi connectivity index (χ3n) is 8.13. The van der Waals surface area contributed by atoms with Gasteiger partial charge < -0.3 is 19.2 Å². The lowest BCUT2D eigenvalue weighted by atomic mass is 10.1. The van der Waals surface area contributed by atoms with Crippen molar-refractivity contribution in [2.75, 3.05) is 19.6 Å². The Labute approximate surface area is 250 Å². The van der Waals surface area contributed by atoms with Crippen LogP contribution < -0.4 is 10.3 Å². The Morgan fingerprint density at radius 1 is 0.814 bits per heavy atom. The first kappa shape index (κ1) is 27.0. The number of rotatable bonds is 9. The molecule has 7 rings (SSSR count). The number of fused-ring (bicyclic) bond motifs is 2. The number of hydrogen-bond acceptors (Lipinski definition) is 6. The Bertz CT molecular complexity index is 1890. The summed E-state index contributed by atoms with van der Waals surface area (Å²) in [4.78, 5) is 32.6. The van der Waals surface area contributed by atoms with Gasteiger partial charge in [-0.25, -0.2) is 9.97 Å². The van der Waals surface area contributed by atoms with E-state index in [2.05, 4.69) is 25.5 Å². The SMILES string of the molecule is O=c1[nH]c2cc3nc(-c4ccc(Oc5cccnc5)cc4)n(CCCN4CCCCC4)c3cc2nc1Cc1ccccc1. The van der Waals surface area contributed by atoms with E-state index in [9.17, 15) is 4.79 Å². The zero-order valence-corrected chi connectivity index (χ0v) is 24.1. The number of ether oxygens (including phenoxy) is 1. The van der Waals surface area contributed by atoms with Crippen molar-refractivity contribution in [2.24, 2.45) is 0 Å². The molecule has 8 nitrogen and oxygen atoms in total. The second-order valence-electron chi connectivity index (χ2n) is 11.2. The van der Waals surface area contributed by atoms with Crippen LogP contribution in [0.1, 0.15) is 36.9 Å². The first-order valence-electron chi connectivity index (χ1n) is 15.1. The number of aryl methyl sites for hydroxylation is 1. The number of nitrogens with zero attached hydrogens (tertiary/aromatic N) is 5. The molecule has 0 unspecified atom stereocenters. The van der Waals surface area contributed by atoms with Gasteiger partial charge in [-0.15, -0.1) is 0 Å². The summed E-state index contributed by atoms with van der Waals surface area (Å²) in [7, 11) is 0. The van der Waals surface area contributed by atoms with Crippen LogP contribution in [0.25, 0.3) is 33.5 Å². The summed E-state index contributed by atoms with van der Waals surface area (Å²) in [6.45, 7) is 4.27. The number of imidazole rings is 1. The molecular formula is C35H34N6O2. The number of piperidine rings is 1.